The lowest BCUT2D eigenvalue weighted by molar-refractivity contribution is -0.123. The van der Waals surface area contributed by atoms with Gasteiger partial charge in [0.25, 0.3) is 0 Å². The van der Waals surface area contributed by atoms with Gasteiger partial charge in [0, 0.05) is 11.6 Å². The smallest absolute Gasteiger partial charge is 0.230 e. The number of pyridine rings is 1. The Kier molecular flexibility index (Phi) is 3.19. The molecule has 0 aliphatic heterocycles. The van der Waals surface area contributed by atoms with Gasteiger partial charge in [0.2, 0.25) is 5.91 Å². The van der Waals surface area contributed by atoms with E-state index in [4.69, 9.17) is 0 Å². The number of hydrogen-bond acceptors (Lipinski definition) is 2. The highest BCUT2D eigenvalue weighted by Gasteiger charge is 2.21. The van der Waals surface area contributed by atoms with Crippen LogP contribution in [0.15, 0.2) is 36.5 Å². The third-order valence-electron chi connectivity index (χ3n) is 2.55. The van der Waals surface area contributed by atoms with Crippen LogP contribution in [0.25, 0.3) is 11.4 Å². The molecule has 0 fully saturated rings. The van der Waals surface area contributed by atoms with Crippen LogP contribution in [-0.4, -0.2) is 15.9 Å². The van der Waals surface area contributed by atoms with Gasteiger partial charge in [0.15, 0.2) is 0 Å². The van der Waals surface area contributed by atoms with Crippen LogP contribution < -0.4 is 5.32 Å². The standard InChI is InChI=1S/C14H17N3O/c1-14(2,3)13(18)17-12-8-4-6-11(16-12)10-7-5-9-15-10/h4-9,15H,1-3H3,(H,16,17,18). The number of aromatic amines is 1. The molecule has 0 saturated heterocycles. The lowest BCUT2D eigenvalue weighted by Crippen LogP contribution is -2.28. The molecular weight excluding hydrogens is 226 g/mol. The van der Waals surface area contributed by atoms with Crippen molar-refractivity contribution >= 4 is 11.7 Å². The molecule has 18 heavy (non-hydrogen) atoms. The minimum Gasteiger partial charge on any atom is -0.360 e. The average molecular weight is 243 g/mol. The summed E-state index contributed by atoms with van der Waals surface area (Å²) in [6.45, 7) is 5.62. The Balaban J connectivity index is 2.21. The van der Waals surface area contributed by atoms with E-state index in [-0.39, 0.29) is 5.91 Å². The maximum Gasteiger partial charge on any atom is 0.230 e. The number of amides is 1. The highest BCUT2D eigenvalue weighted by atomic mass is 16.2. The Labute approximate surface area is 106 Å². The van der Waals surface area contributed by atoms with E-state index >= 15 is 0 Å². The van der Waals surface area contributed by atoms with Gasteiger partial charge < -0.3 is 10.3 Å². The first-order valence-corrected chi connectivity index (χ1v) is 5.89. The number of carbonyl (C=O) groups is 1. The summed E-state index contributed by atoms with van der Waals surface area (Å²) in [4.78, 5) is 19.4. The van der Waals surface area contributed by atoms with Gasteiger partial charge in [-0.15, -0.1) is 0 Å². The zero-order chi connectivity index (χ0) is 13.2. The summed E-state index contributed by atoms with van der Waals surface area (Å²) in [6, 6.07) is 9.42. The summed E-state index contributed by atoms with van der Waals surface area (Å²) in [5.41, 5.74) is 1.32. The molecule has 0 aliphatic rings. The SMILES string of the molecule is CC(C)(C)C(=O)Nc1cccc(-c2ccc[nH]2)n1. The number of rotatable bonds is 2. The number of nitrogens with one attached hydrogen (secondary N) is 2. The van der Waals surface area contributed by atoms with Gasteiger partial charge in [-0.25, -0.2) is 4.98 Å². The molecule has 2 aromatic heterocycles. The molecule has 1 amide bonds. The molecule has 0 atom stereocenters. The highest BCUT2D eigenvalue weighted by Crippen LogP contribution is 2.19. The van der Waals surface area contributed by atoms with Crippen molar-refractivity contribution in [1.82, 2.24) is 9.97 Å². The third kappa shape index (κ3) is 2.77. The fraction of sp³-hybridized carbons (Fsp3) is 0.286. The number of aromatic nitrogens is 2. The Morgan fingerprint density at radius 3 is 2.61 bits per heavy atom. The van der Waals surface area contributed by atoms with E-state index in [2.05, 4.69) is 15.3 Å². The first-order chi connectivity index (χ1) is 8.47. The van der Waals surface area contributed by atoms with Crippen molar-refractivity contribution in [1.29, 1.82) is 0 Å². The van der Waals surface area contributed by atoms with Crippen molar-refractivity contribution in [3.8, 4) is 11.4 Å². The van der Waals surface area contributed by atoms with Gasteiger partial charge in [-0.1, -0.05) is 26.8 Å². The number of carbonyl (C=O) groups excluding carboxylic acids is 1. The molecule has 4 nitrogen and oxygen atoms in total. The quantitative estimate of drug-likeness (QED) is 0.851. The number of H-pyrrole nitrogens is 1. The van der Waals surface area contributed by atoms with Crippen molar-refractivity contribution in [2.75, 3.05) is 5.32 Å². The minimum absolute atomic E-state index is 0.0429. The average Bonchev–Trinajstić information content (AvgIpc) is 2.81. The molecule has 2 heterocycles. The first-order valence-electron chi connectivity index (χ1n) is 5.89. The van der Waals surface area contributed by atoms with E-state index in [0.29, 0.717) is 5.82 Å². The predicted molar refractivity (Wildman–Crippen MR) is 72.1 cm³/mol. The summed E-state index contributed by atoms with van der Waals surface area (Å²) in [6.07, 6.45) is 1.84. The molecule has 0 aliphatic carbocycles. The maximum absolute atomic E-state index is 11.9. The van der Waals surface area contributed by atoms with E-state index in [9.17, 15) is 4.79 Å². The van der Waals surface area contributed by atoms with E-state index in [1.165, 1.54) is 0 Å². The van der Waals surface area contributed by atoms with Gasteiger partial charge >= 0.3 is 0 Å². The Morgan fingerprint density at radius 2 is 2.00 bits per heavy atom. The number of hydrogen-bond donors (Lipinski definition) is 2. The van der Waals surface area contributed by atoms with Crippen LogP contribution in [0.2, 0.25) is 0 Å². The Morgan fingerprint density at radius 1 is 1.22 bits per heavy atom. The molecule has 2 aromatic rings. The molecule has 0 aromatic carbocycles. The summed E-state index contributed by atoms with van der Waals surface area (Å²) < 4.78 is 0. The van der Waals surface area contributed by atoms with Crippen LogP contribution in [0.4, 0.5) is 5.82 Å². The predicted octanol–water partition coefficient (Wildman–Crippen LogP) is 3.06. The van der Waals surface area contributed by atoms with Gasteiger partial charge in [0.05, 0.1) is 11.4 Å². The fourth-order valence-electron chi connectivity index (χ4n) is 1.45. The summed E-state index contributed by atoms with van der Waals surface area (Å²) in [5.74, 6) is 0.528. The molecule has 4 heteroatoms. The van der Waals surface area contributed by atoms with Crippen LogP contribution in [0, 0.1) is 5.41 Å². The molecule has 0 radical (unpaired) electrons. The van der Waals surface area contributed by atoms with Crippen molar-refractivity contribution in [3.63, 3.8) is 0 Å². The topological polar surface area (TPSA) is 57.8 Å². The van der Waals surface area contributed by atoms with Crippen LogP contribution in [0.1, 0.15) is 20.8 Å². The van der Waals surface area contributed by atoms with Gasteiger partial charge in [-0.3, -0.25) is 4.79 Å². The van der Waals surface area contributed by atoms with Gasteiger partial charge in [0.1, 0.15) is 5.82 Å². The molecular formula is C14H17N3O. The fourth-order valence-corrected chi connectivity index (χ4v) is 1.45. The van der Waals surface area contributed by atoms with Gasteiger partial charge in [-0.05, 0) is 24.3 Å². The Bertz CT molecular complexity index is 538. The number of nitrogens with zero attached hydrogens (tertiary/aromatic N) is 1. The van der Waals surface area contributed by atoms with Crippen molar-refractivity contribution in [2.24, 2.45) is 5.41 Å². The number of anilines is 1. The van der Waals surface area contributed by atoms with E-state index < -0.39 is 5.41 Å². The summed E-state index contributed by atoms with van der Waals surface area (Å²) >= 11 is 0. The normalized spacial score (nSPS) is 11.3. The van der Waals surface area contributed by atoms with E-state index in [0.717, 1.165) is 11.4 Å². The largest absolute Gasteiger partial charge is 0.360 e. The summed E-state index contributed by atoms with van der Waals surface area (Å²) in [7, 11) is 0. The van der Waals surface area contributed by atoms with Crippen LogP contribution >= 0.6 is 0 Å². The highest BCUT2D eigenvalue weighted by molar-refractivity contribution is 5.93. The van der Waals surface area contributed by atoms with Crippen LogP contribution in [0.3, 0.4) is 0 Å². The molecule has 0 saturated carbocycles. The van der Waals surface area contributed by atoms with Gasteiger partial charge in [-0.2, -0.15) is 0 Å². The van der Waals surface area contributed by atoms with Crippen LogP contribution in [0.5, 0.6) is 0 Å². The van der Waals surface area contributed by atoms with E-state index in [1.807, 2.05) is 51.2 Å². The molecule has 0 bridgehead atoms. The zero-order valence-corrected chi connectivity index (χ0v) is 10.8. The van der Waals surface area contributed by atoms with Crippen molar-refractivity contribution in [2.45, 2.75) is 20.8 Å². The lowest BCUT2D eigenvalue weighted by atomic mass is 9.96. The lowest BCUT2D eigenvalue weighted by Gasteiger charge is -2.17. The molecule has 2 N–H and O–H groups in total. The van der Waals surface area contributed by atoms with Crippen molar-refractivity contribution < 1.29 is 4.79 Å². The van der Waals surface area contributed by atoms with Crippen molar-refractivity contribution in [3.05, 3.63) is 36.5 Å². The second-order valence-corrected chi connectivity index (χ2v) is 5.20. The minimum atomic E-state index is -0.426. The summed E-state index contributed by atoms with van der Waals surface area (Å²) in [5, 5.41) is 2.82. The molecule has 0 spiro atoms. The first kappa shape index (κ1) is 12.4. The van der Waals surface area contributed by atoms with E-state index in [1.54, 1.807) is 6.07 Å². The second kappa shape index (κ2) is 4.64. The third-order valence-corrected chi connectivity index (χ3v) is 2.55. The maximum atomic E-state index is 11.9. The second-order valence-electron chi connectivity index (χ2n) is 5.20. The molecule has 2 rings (SSSR count). The Hall–Kier alpha value is -2.10. The molecule has 94 valence electrons. The molecule has 0 unspecified atom stereocenters. The zero-order valence-electron chi connectivity index (χ0n) is 10.8. The monoisotopic (exact) mass is 243 g/mol. The van der Waals surface area contributed by atoms with Crippen LogP contribution in [-0.2, 0) is 4.79 Å².